The number of allylic oxidation sites excluding steroid dienone is 1. The maximum absolute atomic E-state index is 13.6. The number of carbonyl (C=O) groups excluding carboxylic acids is 2. The van der Waals surface area contributed by atoms with Gasteiger partial charge in [-0.25, -0.2) is 9.78 Å². The number of ether oxygens (including phenoxy) is 2. The van der Waals surface area contributed by atoms with Crippen LogP contribution in [-0.2, 0) is 37.8 Å². The van der Waals surface area contributed by atoms with Gasteiger partial charge in [-0.15, -0.1) is 6.58 Å². The van der Waals surface area contributed by atoms with Crippen molar-refractivity contribution in [2.45, 2.75) is 56.9 Å². The van der Waals surface area contributed by atoms with Crippen molar-refractivity contribution in [3.8, 4) is 11.4 Å². The van der Waals surface area contributed by atoms with Crippen molar-refractivity contribution >= 4 is 30.9 Å². The Bertz CT molecular complexity index is 1490. The van der Waals surface area contributed by atoms with Gasteiger partial charge in [0.2, 0.25) is 5.60 Å². The Balaban J connectivity index is 1.65. The third-order valence-corrected chi connectivity index (χ3v) is 10.7. The summed E-state index contributed by atoms with van der Waals surface area (Å²) in [4.78, 5) is 44.9. The number of carbonyl (C=O) groups is 2. The lowest BCUT2D eigenvalue weighted by atomic mass is 9.85. The molecule has 4 heterocycles. The zero-order valence-electron chi connectivity index (χ0n) is 20.7. The SMILES string of the molecule is C=CC[Si](C)(C)C(N)C(=O)OC1(CC)C(=O)OCc2c1cc1n(c2=O)Cc2cc3ccccc3nc2-1. The molecule has 9 heteroatoms. The summed E-state index contributed by atoms with van der Waals surface area (Å²) < 4.78 is 13.0. The summed E-state index contributed by atoms with van der Waals surface area (Å²) in [7, 11) is -2.26. The standard InChI is InChI=1S/C27H29N3O5Si/c1-5-11-36(3,4)23(28)25(32)35-27(6-2)19-13-21-22-17(12-16-9-7-8-10-20(16)29-22)14-30(21)24(31)18(19)15-34-26(27)33/h5,7-10,12-13,23H,1,6,11,14-15,28H2,2-4H3. The molecule has 0 bridgehead atoms. The molecule has 0 aliphatic carbocycles. The molecular formula is C27H29N3O5Si. The van der Waals surface area contributed by atoms with E-state index in [1.807, 2.05) is 43.4 Å². The molecule has 186 valence electrons. The number of para-hydroxylation sites is 1. The predicted molar refractivity (Wildman–Crippen MR) is 139 cm³/mol. The number of hydrogen-bond acceptors (Lipinski definition) is 7. The minimum Gasteiger partial charge on any atom is -0.457 e. The first-order valence-electron chi connectivity index (χ1n) is 12.1. The van der Waals surface area contributed by atoms with Crippen LogP contribution in [0.3, 0.4) is 0 Å². The molecule has 2 aliphatic heterocycles. The Morgan fingerprint density at radius 2 is 2.08 bits per heavy atom. The third kappa shape index (κ3) is 3.53. The number of hydrogen-bond donors (Lipinski definition) is 1. The molecule has 2 atom stereocenters. The summed E-state index contributed by atoms with van der Waals surface area (Å²) in [6.45, 7) is 9.62. The summed E-state index contributed by atoms with van der Waals surface area (Å²) in [5, 5.41) is 0.984. The first kappa shape index (κ1) is 24.1. The number of esters is 2. The van der Waals surface area contributed by atoms with E-state index in [1.165, 1.54) is 0 Å². The highest BCUT2D eigenvalue weighted by atomic mass is 28.3. The molecule has 5 rings (SSSR count). The molecule has 3 aromatic rings. The predicted octanol–water partition coefficient (Wildman–Crippen LogP) is 3.39. The topological polar surface area (TPSA) is 114 Å². The van der Waals surface area contributed by atoms with Gasteiger partial charge in [-0.1, -0.05) is 44.3 Å². The Kier molecular flexibility index (Phi) is 5.72. The smallest absolute Gasteiger partial charge is 0.355 e. The van der Waals surface area contributed by atoms with E-state index in [2.05, 4.69) is 6.58 Å². The van der Waals surface area contributed by atoms with E-state index in [0.29, 0.717) is 35.1 Å². The molecule has 2 aromatic heterocycles. The summed E-state index contributed by atoms with van der Waals surface area (Å²) >= 11 is 0. The van der Waals surface area contributed by atoms with Crippen molar-refractivity contribution in [3.63, 3.8) is 0 Å². The van der Waals surface area contributed by atoms with Gasteiger partial charge < -0.3 is 19.8 Å². The van der Waals surface area contributed by atoms with Crippen molar-refractivity contribution in [2.24, 2.45) is 5.73 Å². The third-order valence-electron chi connectivity index (χ3n) is 7.43. The number of rotatable bonds is 6. The fourth-order valence-corrected chi connectivity index (χ4v) is 6.83. The lowest BCUT2D eigenvalue weighted by molar-refractivity contribution is -0.189. The van der Waals surface area contributed by atoms with Crippen molar-refractivity contribution in [1.29, 1.82) is 0 Å². The monoisotopic (exact) mass is 503 g/mol. The van der Waals surface area contributed by atoms with Gasteiger partial charge in [0.1, 0.15) is 6.61 Å². The molecule has 0 spiro atoms. The summed E-state index contributed by atoms with van der Waals surface area (Å²) in [6, 6.07) is 12.2. The van der Waals surface area contributed by atoms with Crippen LogP contribution in [0.1, 0.15) is 30.0 Å². The van der Waals surface area contributed by atoms with E-state index in [4.69, 9.17) is 20.2 Å². The fourth-order valence-electron chi connectivity index (χ4n) is 5.14. The van der Waals surface area contributed by atoms with Crippen molar-refractivity contribution in [2.75, 3.05) is 0 Å². The van der Waals surface area contributed by atoms with E-state index in [-0.39, 0.29) is 18.6 Å². The van der Waals surface area contributed by atoms with Crippen LogP contribution >= 0.6 is 0 Å². The Labute approximate surface area is 209 Å². The Morgan fingerprint density at radius 3 is 2.81 bits per heavy atom. The summed E-state index contributed by atoms with van der Waals surface area (Å²) in [5.41, 5.74) is 7.07. The van der Waals surface area contributed by atoms with Crippen LogP contribution in [-0.4, -0.2) is 35.2 Å². The van der Waals surface area contributed by atoms with Gasteiger partial charge in [-0.3, -0.25) is 9.59 Å². The largest absolute Gasteiger partial charge is 0.457 e. The van der Waals surface area contributed by atoms with Crippen molar-refractivity contribution in [1.82, 2.24) is 9.55 Å². The lowest BCUT2D eigenvalue weighted by Crippen LogP contribution is -2.56. The van der Waals surface area contributed by atoms with E-state index in [1.54, 1.807) is 23.6 Å². The van der Waals surface area contributed by atoms with E-state index < -0.39 is 31.3 Å². The summed E-state index contributed by atoms with van der Waals surface area (Å²) in [6.07, 6.45) is 1.85. The molecule has 2 unspecified atom stereocenters. The van der Waals surface area contributed by atoms with Crippen LogP contribution in [0.15, 0.2) is 53.8 Å². The van der Waals surface area contributed by atoms with Gasteiger partial charge in [0.15, 0.2) is 0 Å². The van der Waals surface area contributed by atoms with Crippen molar-refractivity contribution in [3.05, 3.63) is 76.1 Å². The normalized spacial score (nSPS) is 19.2. The van der Waals surface area contributed by atoms with Gasteiger partial charge in [0.25, 0.3) is 5.56 Å². The van der Waals surface area contributed by atoms with Crippen molar-refractivity contribution < 1.29 is 19.1 Å². The molecule has 36 heavy (non-hydrogen) atoms. The van der Waals surface area contributed by atoms with Gasteiger partial charge in [0.05, 0.1) is 42.8 Å². The van der Waals surface area contributed by atoms with E-state index >= 15 is 0 Å². The first-order valence-corrected chi connectivity index (χ1v) is 15.3. The molecular weight excluding hydrogens is 474 g/mol. The van der Waals surface area contributed by atoms with Gasteiger partial charge in [-0.2, -0.15) is 0 Å². The number of nitrogens with zero attached hydrogens (tertiary/aromatic N) is 2. The highest BCUT2D eigenvalue weighted by Gasteiger charge is 2.52. The number of pyridine rings is 2. The zero-order chi connectivity index (χ0) is 25.8. The number of benzene rings is 1. The van der Waals surface area contributed by atoms with Crippen LogP contribution in [0.2, 0.25) is 19.1 Å². The average molecular weight is 504 g/mol. The van der Waals surface area contributed by atoms with Crippen LogP contribution in [0.4, 0.5) is 0 Å². The highest BCUT2D eigenvalue weighted by Crippen LogP contribution is 2.41. The maximum atomic E-state index is 13.6. The van der Waals surface area contributed by atoms with Crippen LogP contribution in [0, 0.1) is 0 Å². The minimum absolute atomic E-state index is 0.0988. The average Bonchev–Trinajstić information content (AvgIpc) is 3.21. The molecule has 0 radical (unpaired) electrons. The number of fused-ring (bicyclic) bond motifs is 5. The first-order chi connectivity index (χ1) is 17.1. The molecule has 1 aromatic carbocycles. The fraction of sp³-hybridized carbons (Fsp3) is 0.333. The van der Waals surface area contributed by atoms with Crippen LogP contribution in [0.25, 0.3) is 22.3 Å². The number of cyclic esters (lactones) is 1. The molecule has 8 nitrogen and oxygen atoms in total. The van der Waals surface area contributed by atoms with Gasteiger partial charge in [-0.05, 0) is 30.7 Å². The maximum Gasteiger partial charge on any atom is 0.355 e. The second kappa shape index (κ2) is 8.53. The lowest BCUT2D eigenvalue weighted by Gasteiger charge is -2.37. The molecule has 2 N–H and O–H groups in total. The zero-order valence-corrected chi connectivity index (χ0v) is 21.7. The molecule has 0 amide bonds. The van der Waals surface area contributed by atoms with E-state index in [9.17, 15) is 14.4 Å². The van der Waals surface area contributed by atoms with Crippen LogP contribution in [0.5, 0.6) is 0 Å². The molecule has 0 saturated carbocycles. The van der Waals surface area contributed by atoms with E-state index in [0.717, 1.165) is 16.5 Å². The quantitative estimate of drug-likeness (QED) is 0.244. The second-order valence-corrected chi connectivity index (χ2v) is 15.1. The van der Waals surface area contributed by atoms with Crippen LogP contribution < -0.4 is 11.3 Å². The second-order valence-electron chi connectivity index (χ2n) is 10.1. The summed E-state index contributed by atoms with van der Waals surface area (Å²) in [5.74, 6) is -1.37. The number of nitrogens with two attached hydrogens (primary N) is 1. The Hall–Kier alpha value is -3.56. The minimum atomic E-state index is -2.26. The highest BCUT2D eigenvalue weighted by molar-refractivity contribution is 6.82. The number of aromatic nitrogens is 2. The molecule has 2 aliphatic rings. The molecule has 0 fully saturated rings. The Morgan fingerprint density at radius 1 is 1.33 bits per heavy atom. The van der Waals surface area contributed by atoms with Gasteiger partial charge >= 0.3 is 11.9 Å². The molecule has 0 saturated heterocycles. The van der Waals surface area contributed by atoms with Gasteiger partial charge in [0, 0.05) is 16.5 Å².